The maximum atomic E-state index is 13.0. The molecule has 34 heavy (non-hydrogen) atoms. The van der Waals surface area contributed by atoms with Crippen molar-refractivity contribution in [3.8, 4) is 5.75 Å². The van der Waals surface area contributed by atoms with E-state index in [4.69, 9.17) is 17.0 Å². The Hall–Kier alpha value is -3.49. The van der Waals surface area contributed by atoms with Crippen LogP contribution >= 0.6 is 24.0 Å². The third-order valence-corrected chi connectivity index (χ3v) is 6.35. The highest BCUT2D eigenvalue weighted by atomic mass is 32.2. The van der Waals surface area contributed by atoms with Crippen molar-refractivity contribution >= 4 is 51.9 Å². The largest absolute Gasteiger partial charge is 0.489 e. The maximum absolute atomic E-state index is 13.0. The highest BCUT2D eigenvalue weighted by Gasteiger charge is 2.32. The molecule has 4 rings (SSSR count). The molecule has 2 amide bonds. The number of hydrogen-bond donors (Lipinski definition) is 1. The molecule has 0 radical (unpaired) electrons. The van der Waals surface area contributed by atoms with E-state index in [-0.39, 0.29) is 30.6 Å². The van der Waals surface area contributed by atoms with Crippen molar-refractivity contribution in [1.82, 2.24) is 4.90 Å². The molecule has 3 aromatic rings. The first-order valence-corrected chi connectivity index (χ1v) is 11.8. The van der Waals surface area contributed by atoms with Crippen molar-refractivity contribution < 1.29 is 18.7 Å². The number of thioether (sulfide) groups is 1. The number of rotatable bonds is 8. The van der Waals surface area contributed by atoms with Crippen LogP contribution in [-0.4, -0.2) is 27.6 Å². The van der Waals surface area contributed by atoms with Gasteiger partial charge in [-0.1, -0.05) is 66.4 Å². The smallest absolute Gasteiger partial charge is 0.266 e. The van der Waals surface area contributed by atoms with Crippen molar-refractivity contribution in [1.29, 1.82) is 0 Å². The number of carbonyl (C=O) groups excluding carboxylic acids is 2. The Morgan fingerprint density at radius 2 is 1.82 bits per heavy atom. The van der Waals surface area contributed by atoms with Crippen molar-refractivity contribution in [2.24, 2.45) is 0 Å². The van der Waals surface area contributed by atoms with E-state index in [0.717, 1.165) is 11.1 Å². The number of nitrogens with zero attached hydrogens (tertiary/aromatic N) is 1. The molecule has 1 aliphatic rings. The molecule has 8 heteroatoms. The second-order valence-electron chi connectivity index (χ2n) is 7.49. The van der Waals surface area contributed by atoms with Crippen LogP contribution in [0.3, 0.4) is 0 Å². The molecule has 0 aliphatic carbocycles. The quantitative estimate of drug-likeness (QED) is 0.326. The molecular formula is C26H21FN2O3S2. The first kappa shape index (κ1) is 23.7. The Bertz CT molecular complexity index is 1230. The summed E-state index contributed by atoms with van der Waals surface area (Å²) in [6, 6.07) is 22.9. The molecule has 1 saturated heterocycles. The summed E-state index contributed by atoms with van der Waals surface area (Å²) < 4.78 is 19.3. The Kier molecular flexibility index (Phi) is 7.72. The fraction of sp³-hybridized carbons (Fsp3) is 0.115. The molecule has 0 spiro atoms. The van der Waals surface area contributed by atoms with Crippen LogP contribution in [0.5, 0.6) is 5.75 Å². The number of benzene rings is 3. The van der Waals surface area contributed by atoms with Crippen LogP contribution in [-0.2, 0) is 16.2 Å². The topological polar surface area (TPSA) is 58.6 Å². The van der Waals surface area contributed by atoms with Crippen LogP contribution < -0.4 is 10.1 Å². The third-order valence-electron chi connectivity index (χ3n) is 4.97. The SMILES string of the molecule is O=C(CCN1C(=O)/C(=C/c2cccc(OCc3ccccc3)c2)SC1=S)Nc1ccc(F)cc1. The van der Waals surface area contributed by atoms with E-state index >= 15 is 0 Å². The Morgan fingerprint density at radius 1 is 1.06 bits per heavy atom. The molecule has 5 nitrogen and oxygen atoms in total. The first-order chi connectivity index (χ1) is 16.5. The second-order valence-corrected chi connectivity index (χ2v) is 9.16. The highest BCUT2D eigenvalue weighted by molar-refractivity contribution is 8.26. The molecule has 0 unspecified atom stereocenters. The standard InChI is InChI=1S/C26H21FN2O3S2/c27-20-9-11-21(12-10-20)28-24(30)13-14-29-25(31)23(34-26(29)33)16-19-7-4-8-22(15-19)32-17-18-5-2-1-3-6-18/h1-12,15-16H,13-14,17H2,(H,28,30)/b23-16-. The van der Waals surface area contributed by atoms with Gasteiger partial charge in [-0.15, -0.1) is 0 Å². The summed E-state index contributed by atoms with van der Waals surface area (Å²) in [5.74, 6) is -0.200. The summed E-state index contributed by atoms with van der Waals surface area (Å²) >= 11 is 6.56. The van der Waals surface area contributed by atoms with Crippen molar-refractivity contribution in [3.05, 3.63) is 101 Å². The molecular weight excluding hydrogens is 471 g/mol. The fourth-order valence-electron chi connectivity index (χ4n) is 3.25. The van der Waals surface area contributed by atoms with Crippen molar-refractivity contribution in [2.75, 3.05) is 11.9 Å². The number of amides is 2. The second kappa shape index (κ2) is 11.1. The monoisotopic (exact) mass is 492 g/mol. The van der Waals surface area contributed by atoms with Crippen LogP contribution in [0.4, 0.5) is 10.1 Å². The van der Waals surface area contributed by atoms with E-state index < -0.39 is 0 Å². The Balaban J connectivity index is 1.34. The van der Waals surface area contributed by atoms with Crippen LogP contribution in [0, 0.1) is 5.82 Å². The zero-order valence-electron chi connectivity index (χ0n) is 18.1. The van der Waals surface area contributed by atoms with Gasteiger partial charge in [-0.25, -0.2) is 4.39 Å². The number of halogens is 1. The van der Waals surface area contributed by atoms with Gasteiger partial charge < -0.3 is 10.1 Å². The van der Waals surface area contributed by atoms with Gasteiger partial charge in [0.25, 0.3) is 5.91 Å². The van der Waals surface area contributed by atoms with Gasteiger partial charge >= 0.3 is 0 Å². The van der Waals surface area contributed by atoms with Crippen molar-refractivity contribution in [3.63, 3.8) is 0 Å². The minimum atomic E-state index is -0.379. The van der Waals surface area contributed by atoms with Gasteiger partial charge in [0.05, 0.1) is 4.91 Å². The predicted molar refractivity (Wildman–Crippen MR) is 137 cm³/mol. The summed E-state index contributed by atoms with van der Waals surface area (Å²) in [5, 5.41) is 2.68. The zero-order chi connectivity index (χ0) is 23.9. The van der Waals surface area contributed by atoms with Gasteiger partial charge in [0.15, 0.2) is 0 Å². The summed E-state index contributed by atoms with van der Waals surface area (Å²) in [6.45, 7) is 0.613. The summed E-state index contributed by atoms with van der Waals surface area (Å²) in [4.78, 5) is 27.0. The molecule has 0 saturated carbocycles. The Morgan fingerprint density at radius 3 is 2.59 bits per heavy atom. The fourth-order valence-corrected chi connectivity index (χ4v) is 4.56. The minimum Gasteiger partial charge on any atom is -0.489 e. The number of nitrogens with one attached hydrogen (secondary N) is 1. The molecule has 172 valence electrons. The molecule has 1 fully saturated rings. The first-order valence-electron chi connectivity index (χ1n) is 10.6. The van der Waals surface area contributed by atoms with Gasteiger partial charge in [-0.2, -0.15) is 0 Å². The zero-order valence-corrected chi connectivity index (χ0v) is 19.7. The van der Waals surface area contributed by atoms with E-state index in [1.807, 2.05) is 54.6 Å². The summed E-state index contributed by atoms with van der Waals surface area (Å²) in [7, 11) is 0. The number of thiocarbonyl (C=S) groups is 1. The minimum absolute atomic E-state index is 0.0694. The Labute approximate surface area is 206 Å². The average Bonchev–Trinajstić information content (AvgIpc) is 3.10. The lowest BCUT2D eigenvalue weighted by atomic mass is 10.2. The van der Waals surface area contributed by atoms with E-state index in [2.05, 4.69) is 5.32 Å². The summed E-state index contributed by atoms with van der Waals surface area (Å²) in [5.41, 5.74) is 2.38. The van der Waals surface area contributed by atoms with Gasteiger partial charge in [-0.3, -0.25) is 14.5 Å². The lowest BCUT2D eigenvalue weighted by Crippen LogP contribution is -2.31. The van der Waals surface area contributed by atoms with Gasteiger partial charge in [-0.05, 0) is 53.6 Å². The number of carbonyl (C=O) groups is 2. The average molecular weight is 493 g/mol. The molecule has 0 atom stereocenters. The van der Waals surface area contributed by atoms with Gasteiger partial charge in [0.1, 0.15) is 22.5 Å². The molecule has 1 heterocycles. The van der Waals surface area contributed by atoms with E-state index in [9.17, 15) is 14.0 Å². The normalized spacial score (nSPS) is 14.5. The maximum Gasteiger partial charge on any atom is 0.266 e. The van der Waals surface area contributed by atoms with E-state index in [1.165, 1.54) is 40.9 Å². The number of anilines is 1. The molecule has 0 bridgehead atoms. The van der Waals surface area contributed by atoms with Crippen LogP contribution in [0.1, 0.15) is 17.5 Å². The number of hydrogen-bond acceptors (Lipinski definition) is 5. The molecule has 1 aliphatic heterocycles. The van der Waals surface area contributed by atoms with E-state index in [0.29, 0.717) is 27.3 Å². The van der Waals surface area contributed by atoms with Crippen LogP contribution in [0.25, 0.3) is 6.08 Å². The van der Waals surface area contributed by atoms with Crippen molar-refractivity contribution in [2.45, 2.75) is 13.0 Å². The van der Waals surface area contributed by atoms with Crippen LogP contribution in [0.2, 0.25) is 0 Å². The molecule has 3 aromatic carbocycles. The predicted octanol–water partition coefficient (Wildman–Crippen LogP) is 5.63. The van der Waals surface area contributed by atoms with E-state index in [1.54, 1.807) is 6.08 Å². The highest BCUT2D eigenvalue weighted by Crippen LogP contribution is 2.33. The molecule has 1 N–H and O–H groups in total. The van der Waals surface area contributed by atoms with Crippen LogP contribution in [0.15, 0.2) is 83.8 Å². The lowest BCUT2D eigenvalue weighted by Gasteiger charge is -2.14. The third kappa shape index (κ3) is 6.30. The van der Waals surface area contributed by atoms with Gasteiger partial charge in [0, 0.05) is 18.7 Å². The van der Waals surface area contributed by atoms with Gasteiger partial charge in [0.2, 0.25) is 5.91 Å². The molecule has 0 aromatic heterocycles. The number of ether oxygens (including phenoxy) is 1. The lowest BCUT2D eigenvalue weighted by molar-refractivity contribution is -0.122. The summed E-state index contributed by atoms with van der Waals surface area (Å²) in [6.07, 6.45) is 1.84.